The predicted molar refractivity (Wildman–Crippen MR) is 115 cm³/mol. The van der Waals surface area contributed by atoms with Gasteiger partial charge in [0.05, 0.1) is 22.1 Å². The lowest BCUT2D eigenvalue weighted by Gasteiger charge is -2.27. The van der Waals surface area contributed by atoms with Crippen molar-refractivity contribution < 1.29 is 0 Å². The monoisotopic (exact) mass is 386 g/mol. The fourth-order valence-corrected chi connectivity index (χ4v) is 4.03. The molecule has 3 rings (SSSR count). The highest BCUT2D eigenvalue weighted by Gasteiger charge is 2.18. The van der Waals surface area contributed by atoms with E-state index in [1.54, 1.807) is 6.07 Å². The summed E-state index contributed by atoms with van der Waals surface area (Å²) in [6.45, 7) is 8.58. The third kappa shape index (κ3) is 3.67. The smallest absolute Gasteiger partial charge is 0.0800 e. The zero-order valence-corrected chi connectivity index (χ0v) is 17.0. The predicted octanol–water partition coefficient (Wildman–Crippen LogP) is 7.14. The quantitative estimate of drug-likeness (QED) is 0.447. The fourth-order valence-electron chi connectivity index (χ4n) is 3.53. The van der Waals surface area contributed by atoms with E-state index in [1.807, 2.05) is 12.1 Å². The van der Waals surface area contributed by atoms with Gasteiger partial charge in [0.2, 0.25) is 0 Å². The number of rotatable bonds is 6. The molecule has 26 heavy (non-hydrogen) atoms. The van der Waals surface area contributed by atoms with Gasteiger partial charge in [-0.05, 0) is 38.0 Å². The molecule has 4 heteroatoms. The van der Waals surface area contributed by atoms with E-state index >= 15 is 0 Å². The molecule has 0 saturated heterocycles. The highest BCUT2D eigenvalue weighted by Crippen LogP contribution is 2.38. The van der Waals surface area contributed by atoms with Gasteiger partial charge < -0.3 is 4.90 Å². The first-order valence-corrected chi connectivity index (χ1v) is 9.92. The van der Waals surface area contributed by atoms with Crippen molar-refractivity contribution in [3.63, 3.8) is 0 Å². The maximum Gasteiger partial charge on any atom is 0.0800 e. The van der Waals surface area contributed by atoms with Gasteiger partial charge in [-0.1, -0.05) is 61.3 Å². The number of aryl methyl sites for hydroxylation is 1. The summed E-state index contributed by atoms with van der Waals surface area (Å²) in [6.07, 6.45) is 2.22. The molecule has 0 bridgehead atoms. The van der Waals surface area contributed by atoms with E-state index in [0.29, 0.717) is 10.0 Å². The summed E-state index contributed by atoms with van der Waals surface area (Å²) in [4.78, 5) is 7.43. The molecular formula is C22H24Cl2N2. The van der Waals surface area contributed by atoms with Crippen molar-refractivity contribution >= 4 is 39.7 Å². The van der Waals surface area contributed by atoms with Crippen molar-refractivity contribution in [2.45, 2.75) is 33.6 Å². The Bertz CT molecular complexity index is 915. The number of hydrogen-bond donors (Lipinski definition) is 0. The minimum absolute atomic E-state index is 0.626. The summed E-state index contributed by atoms with van der Waals surface area (Å²) >= 11 is 12.6. The maximum absolute atomic E-state index is 6.48. The number of hydrogen-bond acceptors (Lipinski definition) is 2. The molecule has 0 aliphatic rings. The first-order chi connectivity index (χ1) is 12.6. The molecule has 0 saturated carbocycles. The molecule has 0 N–H and O–H groups in total. The van der Waals surface area contributed by atoms with E-state index in [-0.39, 0.29) is 0 Å². The molecule has 0 amide bonds. The number of benzene rings is 2. The first kappa shape index (κ1) is 19.0. The number of pyridine rings is 1. The van der Waals surface area contributed by atoms with Crippen molar-refractivity contribution in [2.24, 2.45) is 0 Å². The molecule has 136 valence electrons. The fraction of sp³-hybridized carbons (Fsp3) is 0.318. The Hall–Kier alpha value is -1.77. The molecule has 0 spiro atoms. The summed E-state index contributed by atoms with van der Waals surface area (Å²) in [5.41, 5.74) is 4.10. The number of anilines is 1. The Kier molecular flexibility index (Phi) is 6.05. The average Bonchev–Trinajstić information content (AvgIpc) is 2.61. The Morgan fingerprint density at radius 2 is 1.58 bits per heavy atom. The minimum atomic E-state index is 0.626. The second kappa shape index (κ2) is 8.28. The van der Waals surface area contributed by atoms with Crippen LogP contribution in [-0.4, -0.2) is 18.1 Å². The molecule has 0 aliphatic heterocycles. The van der Waals surface area contributed by atoms with E-state index in [0.717, 1.165) is 48.3 Å². The van der Waals surface area contributed by atoms with Gasteiger partial charge in [-0.25, -0.2) is 0 Å². The van der Waals surface area contributed by atoms with Gasteiger partial charge in [-0.3, -0.25) is 4.98 Å². The van der Waals surface area contributed by atoms with Crippen LogP contribution in [0, 0.1) is 6.92 Å². The average molecular weight is 387 g/mol. The van der Waals surface area contributed by atoms with Crippen LogP contribution in [0.2, 0.25) is 10.0 Å². The molecule has 0 aliphatic carbocycles. The molecule has 0 unspecified atom stereocenters. The lowest BCUT2D eigenvalue weighted by molar-refractivity contribution is 0.743. The summed E-state index contributed by atoms with van der Waals surface area (Å²) in [7, 11) is 0. The topological polar surface area (TPSA) is 16.1 Å². The lowest BCUT2D eigenvalue weighted by Crippen LogP contribution is -2.26. The van der Waals surface area contributed by atoms with Crippen molar-refractivity contribution in [1.29, 1.82) is 0 Å². The molecule has 2 aromatic carbocycles. The van der Waals surface area contributed by atoms with Gasteiger partial charge in [-0.2, -0.15) is 0 Å². The Morgan fingerprint density at radius 1 is 0.923 bits per heavy atom. The number of halogens is 2. The Morgan fingerprint density at radius 3 is 2.19 bits per heavy atom. The van der Waals surface area contributed by atoms with E-state index in [2.05, 4.69) is 49.9 Å². The molecule has 1 aromatic heterocycles. The summed E-state index contributed by atoms with van der Waals surface area (Å²) in [6, 6.07) is 14.1. The zero-order valence-electron chi connectivity index (χ0n) is 15.5. The zero-order chi connectivity index (χ0) is 18.7. The molecule has 0 fully saturated rings. The summed E-state index contributed by atoms with van der Waals surface area (Å²) in [5.74, 6) is 0. The van der Waals surface area contributed by atoms with Crippen molar-refractivity contribution in [2.75, 3.05) is 18.0 Å². The molecule has 2 nitrogen and oxygen atoms in total. The van der Waals surface area contributed by atoms with Gasteiger partial charge in [0.15, 0.2) is 0 Å². The van der Waals surface area contributed by atoms with Crippen LogP contribution in [-0.2, 0) is 0 Å². The largest absolute Gasteiger partial charge is 0.370 e. The van der Waals surface area contributed by atoms with Crippen LogP contribution in [0.5, 0.6) is 0 Å². The van der Waals surface area contributed by atoms with E-state index < -0.39 is 0 Å². The van der Waals surface area contributed by atoms with E-state index in [4.69, 9.17) is 28.2 Å². The van der Waals surface area contributed by atoms with Crippen LogP contribution in [0.15, 0.2) is 42.5 Å². The number of aromatic nitrogens is 1. The number of fused-ring (bicyclic) bond motifs is 1. The first-order valence-electron chi connectivity index (χ1n) is 9.16. The highest BCUT2D eigenvalue weighted by molar-refractivity contribution is 6.36. The van der Waals surface area contributed by atoms with Crippen LogP contribution >= 0.6 is 23.2 Å². The molecular weight excluding hydrogens is 363 g/mol. The maximum atomic E-state index is 6.48. The summed E-state index contributed by atoms with van der Waals surface area (Å²) < 4.78 is 0. The second-order valence-electron chi connectivity index (χ2n) is 6.55. The van der Waals surface area contributed by atoms with E-state index in [1.165, 1.54) is 11.1 Å². The van der Waals surface area contributed by atoms with Crippen molar-refractivity contribution in [1.82, 2.24) is 4.98 Å². The van der Waals surface area contributed by atoms with Crippen molar-refractivity contribution in [3.05, 3.63) is 58.2 Å². The van der Waals surface area contributed by atoms with E-state index in [9.17, 15) is 0 Å². The SMILES string of the molecule is CCCN(CCC)c1c(C)nc(-c2ccc(Cl)cc2Cl)c2ccccc12. The highest BCUT2D eigenvalue weighted by atomic mass is 35.5. The van der Waals surface area contributed by atoms with Gasteiger partial charge in [-0.15, -0.1) is 0 Å². The van der Waals surface area contributed by atoms with Crippen LogP contribution < -0.4 is 4.90 Å². The molecule has 0 radical (unpaired) electrons. The lowest BCUT2D eigenvalue weighted by atomic mass is 10.0. The van der Waals surface area contributed by atoms with Crippen LogP contribution in [0.4, 0.5) is 5.69 Å². The molecule has 0 atom stereocenters. The van der Waals surface area contributed by atoms with Gasteiger partial charge in [0.1, 0.15) is 0 Å². The van der Waals surface area contributed by atoms with Gasteiger partial charge in [0.25, 0.3) is 0 Å². The minimum Gasteiger partial charge on any atom is -0.370 e. The van der Waals surface area contributed by atoms with Crippen LogP contribution in [0.3, 0.4) is 0 Å². The van der Waals surface area contributed by atoms with Gasteiger partial charge >= 0.3 is 0 Å². The summed E-state index contributed by atoms with van der Waals surface area (Å²) in [5, 5.41) is 3.60. The molecule has 1 heterocycles. The van der Waals surface area contributed by atoms with Crippen LogP contribution in [0.25, 0.3) is 22.0 Å². The van der Waals surface area contributed by atoms with Crippen molar-refractivity contribution in [3.8, 4) is 11.3 Å². The number of nitrogens with zero attached hydrogens (tertiary/aromatic N) is 2. The Balaban J connectivity index is 2.27. The third-order valence-electron chi connectivity index (χ3n) is 4.55. The van der Waals surface area contributed by atoms with Crippen LogP contribution in [0.1, 0.15) is 32.4 Å². The Labute approximate surface area is 165 Å². The third-order valence-corrected chi connectivity index (χ3v) is 5.10. The second-order valence-corrected chi connectivity index (χ2v) is 7.39. The standard InChI is InChI=1S/C22H24Cl2N2/c1-4-12-26(13-5-2)22-15(3)25-21(17-8-6-7-9-18(17)22)19-11-10-16(23)14-20(19)24/h6-11,14H,4-5,12-13H2,1-3H3. The normalized spacial score (nSPS) is 11.1. The molecule has 3 aromatic rings. The van der Waals surface area contributed by atoms with Gasteiger partial charge in [0, 0.05) is 34.4 Å².